The number of amides is 2. The van der Waals surface area contributed by atoms with Crippen LogP contribution in [-0.2, 0) is 4.79 Å². The lowest BCUT2D eigenvalue weighted by Crippen LogP contribution is -2.38. The van der Waals surface area contributed by atoms with Gasteiger partial charge in [0.1, 0.15) is 11.6 Å². The van der Waals surface area contributed by atoms with Crippen molar-refractivity contribution in [2.45, 2.75) is 25.8 Å². The maximum absolute atomic E-state index is 12.7. The Balaban J connectivity index is 1.46. The van der Waals surface area contributed by atoms with E-state index in [1.807, 2.05) is 6.92 Å². The number of piperidine rings is 1. The van der Waals surface area contributed by atoms with E-state index in [0.29, 0.717) is 47.9 Å². The first-order valence-corrected chi connectivity index (χ1v) is 10.6. The van der Waals surface area contributed by atoms with Gasteiger partial charge >= 0.3 is 0 Å². The van der Waals surface area contributed by atoms with E-state index in [9.17, 15) is 14.4 Å². The van der Waals surface area contributed by atoms with E-state index >= 15 is 0 Å². The summed E-state index contributed by atoms with van der Waals surface area (Å²) < 4.78 is 0. The Morgan fingerprint density at radius 1 is 1.13 bits per heavy atom. The van der Waals surface area contributed by atoms with Crippen molar-refractivity contribution in [3.63, 3.8) is 0 Å². The molecule has 1 saturated heterocycles. The van der Waals surface area contributed by atoms with E-state index in [4.69, 9.17) is 23.2 Å². The highest BCUT2D eigenvalue weighted by atomic mass is 35.5. The molecule has 2 N–H and O–H groups in total. The molecule has 0 saturated carbocycles. The molecular weight excluding hydrogens is 439 g/mol. The number of ketones is 1. The molecule has 0 aliphatic carbocycles. The Hall–Kier alpha value is -2.90. The third-order valence-electron chi connectivity index (χ3n) is 5.29. The second-order valence-corrected chi connectivity index (χ2v) is 8.35. The number of carbonyl (C=O) groups excluding carboxylic acids is 3. The summed E-state index contributed by atoms with van der Waals surface area (Å²) in [5.41, 5.74) is 2.19. The third-order valence-corrected chi connectivity index (χ3v) is 5.84. The number of hydrogen-bond acceptors (Lipinski definition) is 4. The summed E-state index contributed by atoms with van der Waals surface area (Å²) in [5, 5.41) is 3.67. The SMILES string of the molecule is CC(NC(=O)c1ccc(C(=O)N2CCC(=O)CC2)c(Cl)c1)c1nc2ccc(Cl)cc2[nH]1. The van der Waals surface area contributed by atoms with E-state index in [2.05, 4.69) is 15.3 Å². The summed E-state index contributed by atoms with van der Waals surface area (Å²) in [6.07, 6.45) is 0.714. The van der Waals surface area contributed by atoms with Gasteiger partial charge in [-0.15, -0.1) is 0 Å². The molecule has 1 aliphatic rings. The second-order valence-electron chi connectivity index (χ2n) is 7.50. The molecular formula is C22H20Cl2N4O3. The smallest absolute Gasteiger partial charge is 0.255 e. The van der Waals surface area contributed by atoms with Crippen molar-refractivity contribution in [1.29, 1.82) is 0 Å². The summed E-state index contributed by atoms with van der Waals surface area (Å²) in [7, 11) is 0. The number of rotatable bonds is 4. The molecule has 4 rings (SSSR count). The lowest BCUT2D eigenvalue weighted by Gasteiger charge is -2.26. The number of benzene rings is 2. The van der Waals surface area contributed by atoms with Gasteiger partial charge in [0.2, 0.25) is 0 Å². The minimum atomic E-state index is -0.385. The predicted octanol–water partition coefficient (Wildman–Crippen LogP) is 4.17. The van der Waals surface area contributed by atoms with Crippen molar-refractivity contribution in [3.05, 3.63) is 63.4 Å². The van der Waals surface area contributed by atoms with Gasteiger partial charge < -0.3 is 15.2 Å². The van der Waals surface area contributed by atoms with Gasteiger partial charge in [0.15, 0.2) is 0 Å². The zero-order valence-corrected chi connectivity index (χ0v) is 18.3. The lowest BCUT2D eigenvalue weighted by atomic mass is 10.1. The predicted molar refractivity (Wildman–Crippen MR) is 119 cm³/mol. The van der Waals surface area contributed by atoms with Crippen LogP contribution in [0.4, 0.5) is 0 Å². The van der Waals surface area contributed by atoms with Gasteiger partial charge in [0, 0.05) is 36.5 Å². The van der Waals surface area contributed by atoms with Crippen molar-refractivity contribution in [3.8, 4) is 0 Å². The Labute approximate surface area is 188 Å². The van der Waals surface area contributed by atoms with Crippen molar-refractivity contribution in [2.75, 3.05) is 13.1 Å². The summed E-state index contributed by atoms with van der Waals surface area (Å²) in [5.74, 6) is 0.182. The number of imidazole rings is 1. The van der Waals surface area contributed by atoms with E-state index in [-0.39, 0.29) is 28.7 Å². The highest BCUT2D eigenvalue weighted by Crippen LogP contribution is 2.23. The zero-order valence-electron chi connectivity index (χ0n) is 16.7. The first-order valence-electron chi connectivity index (χ1n) is 9.88. The lowest BCUT2D eigenvalue weighted by molar-refractivity contribution is -0.120. The summed E-state index contributed by atoms with van der Waals surface area (Å²) >= 11 is 12.3. The molecule has 31 heavy (non-hydrogen) atoms. The number of halogens is 2. The second kappa shape index (κ2) is 8.69. The molecule has 1 atom stereocenters. The van der Waals surface area contributed by atoms with Crippen LogP contribution in [0.15, 0.2) is 36.4 Å². The minimum absolute atomic E-state index is 0.156. The number of H-pyrrole nitrogens is 1. The first kappa shape index (κ1) is 21.3. The quantitative estimate of drug-likeness (QED) is 0.613. The van der Waals surface area contributed by atoms with Crippen LogP contribution in [0.1, 0.15) is 52.3 Å². The van der Waals surface area contributed by atoms with E-state index in [0.717, 1.165) is 11.0 Å². The van der Waals surface area contributed by atoms with Gasteiger partial charge in [-0.3, -0.25) is 14.4 Å². The van der Waals surface area contributed by atoms with E-state index in [1.54, 1.807) is 35.2 Å². The molecule has 1 unspecified atom stereocenters. The molecule has 7 nitrogen and oxygen atoms in total. The maximum atomic E-state index is 12.7. The van der Waals surface area contributed by atoms with Crippen LogP contribution < -0.4 is 5.32 Å². The number of nitrogens with one attached hydrogen (secondary N) is 2. The van der Waals surface area contributed by atoms with Gasteiger partial charge in [-0.1, -0.05) is 23.2 Å². The highest BCUT2D eigenvalue weighted by Gasteiger charge is 2.24. The van der Waals surface area contributed by atoms with Gasteiger partial charge in [0.05, 0.1) is 27.7 Å². The van der Waals surface area contributed by atoms with Gasteiger partial charge in [0.25, 0.3) is 11.8 Å². The van der Waals surface area contributed by atoms with Crippen LogP contribution in [0.3, 0.4) is 0 Å². The number of nitrogens with zero attached hydrogens (tertiary/aromatic N) is 2. The van der Waals surface area contributed by atoms with Crippen molar-refractivity contribution >= 4 is 51.8 Å². The Kier molecular flexibility index (Phi) is 5.98. The molecule has 1 aliphatic heterocycles. The average Bonchev–Trinajstić information content (AvgIpc) is 3.17. The Bertz CT molecular complexity index is 1180. The molecule has 0 spiro atoms. The normalized spacial score (nSPS) is 15.2. The molecule has 1 fully saturated rings. The number of aromatic nitrogens is 2. The number of likely N-dealkylation sites (tertiary alicyclic amines) is 1. The van der Waals surface area contributed by atoms with E-state index in [1.165, 1.54) is 6.07 Å². The fraction of sp³-hybridized carbons (Fsp3) is 0.273. The molecule has 9 heteroatoms. The van der Waals surface area contributed by atoms with Gasteiger partial charge in [-0.25, -0.2) is 4.98 Å². The van der Waals surface area contributed by atoms with E-state index < -0.39 is 0 Å². The zero-order chi connectivity index (χ0) is 22.1. The van der Waals surface area contributed by atoms with Gasteiger partial charge in [-0.2, -0.15) is 0 Å². The number of carbonyl (C=O) groups is 3. The summed E-state index contributed by atoms with van der Waals surface area (Å²) in [4.78, 5) is 46.0. The minimum Gasteiger partial charge on any atom is -0.342 e. The molecule has 0 bridgehead atoms. The maximum Gasteiger partial charge on any atom is 0.255 e. The molecule has 160 valence electrons. The third kappa shape index (κ3) is 4.57. The highest BCUT2D eigenvalue weighted by molar-refractivity contribution is 6.34. The standard InChI is InChI=1S/C22H20Cl2N4O3/c1-12(20-26-18-5-3-14(23)11-19(18)27-20)25-21(30)13-2-4-16(17(24)10-13)22(31)28-8-6-15(29)7-9-28/h2-5,10-12H,6-9H2,1H3,(H,25,30)(H,26,27). The fourth-order valence-electron chi connectivity index (χ4n) is 3.51. The van der Waals surface area contributed by atoms with Crippen LogP contribution in [0.2, 0.25) is 10.0 Å². The molecule has 0 radical (unpaired) electrons. The average molecular weight is 459 g/mol. The molecule has 2 heterocycles. The van der Waals surface area contributed by atoms with Crippen LogP contribution in [0.25, 0.3) is 11.0 Å². The molecule has 3 aromatic rings. The van der Waals surface area contributed by atoms with Crippen LogP contribution >= 0.6 is 23.2 Å². The number of aromatic amines is 1. The molecule has 2 aromatic carbocycles. The Morgan fingerprint density at radius 3 is 2.58 bits per heavy atom. The fourth-order valence-corrected chi connectivity index (χ4v) is 3.95. The van der Waals surface area contributed by atoms with Crippen LogP contribution in [0, 0.1) is 0 Å². The number of fused-ring (bicyclic) bond motifs is 1. The number of Topliss-reactive ketones (excluding diaryl/α,β-unsaturated/α-hetero) is 1. The van der Waals surface area contributed by atoms with Crippen LogP contribution in [-0.4, -0.2) is 45.6 Å². The largest absolute Gasteiger partial charge is 0.342 e. The van der Waals surface area contributed by atoms with Crippen LogP contribution in [0.5, 0.6) is 0 Å². The summed E-state index contributed by atoms with van der Waals surface area (Å²) in [6, 6.07) is 9.53. The van der Waals surface area contributed by atoms with Crippen molar-refractivity contribution in [2.24, 2.45) is 0 Å². The van der Waals surface area contributed by atoms with Gasteiger partial charge in [-0.05, 0) is 43.3 Å². The number of hydrogen-bond donors (Lipinski definition) is 2. The van der Waals surface area contributed by atoms with Crippen molar-refractivity contribution < 1.29 is 14.4 Å². The van der Waals surface area contributed by atoms with Crippen molar-refractivity contribution in [1.82, 2.24) is 20.2 Å². The first-order chi connectivity index (χ1) is 14.8. The summed E-state index contributed by atoms with van der Waals surface area (Å²) in [6.45, 7) is 2.58. The monoisotopic (exact) mass is 458 g/mol. The molecule has 1 aromatic heterocycles. The Morgan fingerprint density at radius 2 is 1.87 bits per heavy atom. The molecule has 2 amide bonds. The topological polar surface area (TPSA) is 95.2 Å².